The highest BCUT2D eigenvalue weighted by Crippen LogP contribution is 2.50. The Bertz CT molecular complexity index is 1090. The third-order valence-electron chi connectivity index (χ3n) is 10.4. The van der Waals surface area contributed by atoms with E-state index in [0.717, 1.165) is 83.7 Å². The molecule has 1 saturated heterocycles. The summed E-state index contributed by atoms with van der Waals surface area (Å²) in [5.41, 5.74) is 3.53. The summed E-state index contributed by atoms with van der Waals surface area (Å²) in [6.07, 6.45) is 15.1. The number of carboxylic acids is 1. The largest absolute Gasteiger partial charge is 0.481 e. The number of allylic oxidation sites excluding steroid dienone is 2. The molecular weight excluding hydrogens is 486 g/mol. The Balaban J connectivity index is 0.000000229. The lowest BCUT2D eigenvalue weighted by Crippen LogP contribution is -2.50. The molecule has 5 heteroatoms. The Morgan fingerprint density at radius 2 is 1.82 bits per heavy atom. The summed E-state index contributed by atoms with van der Waals surface area (Å²) in [6, 6.07) is 9.25. The number of carbonyl (C=O) groups excluding carboxylic acids is 1. The van der Waals surface area contributed by atoms with Crippen molar-refractivity contribution in [3.05, 3.63) is 53.6 Å². The minimum absolute atomic E-state index is 0.0481. The average Bonchev–Trinajstić information content (AvgIpc) is 3.64. The topological polar surface area (TPSA) is 66.8 Å². The van der Waals surface area contributed by atoms with E-state index in [-0.39, 0.29) is 16.8 Å². The molecule has 5 rings (SSSR count). The van der Waals surface area contributed by atoms with Crippen LogP contribution in [0, 0.1) is 16.7 Å². The number of aliphatic carboxylic acids is 1. The molecule has 5 atom stereocenters. The zero-order valence-corrected chi connectivity index (χ0v) is 24.6. The summed E-state index contributed by atoms with van der Waals surface area (Å²) in [4.78, 5) is 26.1. The summed E-state index contributed by atoms with van der Waals surface area (Å²) in [5.74, 6) is -0.0637. The van der Waals surface area contributed by atoms with Crippen molar-refractivity contribution in [2.24, 2.45) is 16.7 Å². The molecular formula is C34H49NO4. The second kappa shape index (κ2) is 12.0. The van der Waals surface area contributed by atoms with E-state index in [2.05, 4.69) is 68.7 Å². The first-order valence-electron chi connectivity index (χ1n) is 15.2. The van der Waals surface area contributed by atoms with E-state index in [0.29, 0.717) is 12.0 Å². The van der Waals surface area contributed by atoms with Gasteiger partial charge in [0.05, 0.1) is 17.9 Å². The van der Waals surface area contributed by atoms with Gasteiger partial charge in [0.15, 0.2) is 0 Å². The van der Waals surface area contributed by atoms with E-state index in [4.69, 9.17) is 4.74 Å². The number of fused-ring (bicyclic) bond motifs is 2. The summed E-state index contributed by atoms with van der Waals surface area (Å²) in [5, 5.41) is 9.81. The van der Waals surface area contributed by atoms with Crippen molar-refractivity contribution in [2.75, 3.05) is 20.2 Å². The fourth-order valence-corrected chi connectivity index (χ4v) is 8.23. The molecule has 0 bridgehead atoms. The van der Waals surface area contributed by atoms with Crippen LogP contribution in [-0.4, -0.2) is 48.2 Å². The number of rotatable bonds is 7. The zero-order valence-electron chi connectivity index (χ0n) is 24.6. The van der Waals surface area contributed by atoms with Crippen LogP contribution in [0.3, 0.4) is 0 Å². The normalized spacial score (nSPS) is 33.6. The number of carboxylic acid groups (broad SMARTS) is 1. The number of hydrogen-bond acceptors (Lipinski definition) is 4. The zero-order chi connectivity index (χ0) is 28.3. The van der Waals surface area contributed by atoms with E-state index in [1.54, 1.807) is 0 Å². The number of carbonyl (C=O) groups is 2. The molecule has 5 nitrogen and oxygen atoms in total. The van der Waals surface area contributed by atoms with Crippen LogP contribution in [0.1, 0.15) is 103 Å². The minimum Gasteiger partial charge on any atom is -0.481 e. The van der Waals surface area contributed by atoms with Crippen molar-refractivity contribution >= 4 is 18.0 Å². The van der Waals surface area contributed by atoms with Crippen LogP contribution < -0.4 is 0 Å². The van der Waals surface area contributed by atoms with Crippen molar-refractivity contribution < 1.29 is 19.4 Å². The van der Waals surface area contributed by atoms with Gasteiger partial charge in [-0.1, -0.05) is 82.2 Å². The monoisotopic (exact) mass is 535 g/mol. The molecule has 4 aliphatic rings. The van der Waals surface area contributed by atoms with Crippen LogP contribution in [0.2, 0.25) is 0 Å². The molecule has 1 aromatic carbocycles. The minimum atomic E-state index is -0.573. The molecule has 1 heterocycles. The second-order valence-electron chi connectivity index (χ2n) is 12.8. The maximum atomic E-state index is 11.9. The lowest BCUT2D eigenvalue weighted by molar-refractivity contribution is -0.153. The molecule has 0 aromatic heterocycles. The van der Waals surface area contributed by atoms with E-state index in [1.807, 2.05) is 0 Å². The van der Waals surface area contributed by atoms with Crippen molar-refractivity contribution in [3.8, 4) is 0 Å². The number of benzene rings is 1. The van der Waals surface area contributed by atoms with Crippen molar-refractivity contribution in [3.63, 3.8) is 0 Å². The molecule has 0 amide bonds. The maximum Gasteiger partial charge on any atom is 0.312 e. The SMILES string of the molecule is C=C1CCC(CCC)(C(=O)OC)C1.CCCC1(C(=O)O)CCC(N2CC[C@@]3(C=Cc4ccccc43)[C@@H](C)C2)C1. The summed E-state index contributed by atoms with van der Waals surface area (Å²) in [7, 11) is 1.47. The lowest BCUT2D eigenvalue weighted by atomic mass is 9.67. The number of nitrogens with zero attached hydrogens (tertiary/aromatic N) is 1. The van der Waals surface area contributed by atoms with E-state index in [9.17, 15) is 14.7 Å². The Hall–Kier alpha value is -2.40. The molecule has 1 spiro atoms. The predicted molar refractivity (Wildman–Crippen MR) is 157 cm³/mol. The first-order valence-corrected chi connectivity index (χ1v) is 15.2. The number of piperidine rings is 1. The molecule has 214 valence electrons. The van der Waals surface area contributed by atoms with Crippen molar-refractivity contribution in [1.29, 1.82) is 0 Å². The van der Waals surface area contributed by atoms with E-state index < -0.39 is 11.4 Å². The highest BCUT2D eigenvalue weighted by molar-refractivity contribution is 5.78. The molecule has 1 aliphatic heterocycles. The van der Waals surface area contributed by atoms with Gasteiger partial charge >= 0.3 is 11.9 Å². The molecule has 2 saturated carbocycles. The quantitative estimate of drug-likeness (QED) is 0.291. The van der Waals surface area contributed by atoms with E-state index in [1.165, 1.54) is 23.8 Å². The Morgan fingerprint density at radius 1 is 1.10 bits per heavy atom. The van der Waals surface area contributed by atoms with Crippen LogP contribution in [0.4, 0.5) is 0 Å². The van der Waals surface area contributed by atoms with Gasteiger partial charge in [-0.3, -0.25) is 14.5 Å². The second-order valence-corrected chi connectivity index (χ2v) is 12.8. The lowest BCUT2D eigenvalue weighted by Gasteiger charge is -2.46. The van der Waals surface area contributed by atoms with Crippen LogP contribution in [0.25, 0.3) is 6.08 Å². The highest BCUT2D eigenvalue weighted by atomic mass is 16.5. The molecule has 39 heavy (non-hydrogen) atoms. The van der Waals surface area contributed by atoms with Gasteiger partial charge in [-0.25, -0.2) is 0 Å². The third kappa shape index (κ3) is 5.62. The van der Waals surface area contributed by atoms with Gasteiger partial charge in [-0.15, -0.1) is 0 Å². The van der Waals surface area contributed by atoms with Gasteiger partial charge in [0.25, 0.3) is 0 Å². The van der Waals surface area contributed by atoms with Crippen LogP contribution in [0.15, 0.2) is 42.5 Å². The average molecular weight is 536 g/mol. The van der Waals surface area contributed by atoms with Crippen LogP contribution >= 0.6 is 0 Å². The fourth-order valence-electron chi connectivity index (χ4n) is 8.23. The number of hydrogen-bond donors (Lipinski definition) is 1. The Labute approximate surface area is 235 Å². The third-order valence-corrected chi connectivity index (χ3v) is 10.4. The van der Waals surface area contributed by atoms with Gasteiger partial charge in [0.1, 0.15) is 0 Å². The van der Waals surface area contributed by atoms with Gasteiger partial charge in [-0.05, 0) is 81.4 Å². The van der Waals surface area contributed by atoms with Crippen molar-refractivity contribution in [1.82, 2.24) is 4.90 Å². The summed E-state index contributed by atoms with van der Waals surface area (Å²) < 4.78 is 4.86. The molecule has 3 fully saturated rings. The Kier molecular flexibility index (Phi) is 9.10. The summed E-state index contributed by atoms with van der Waals surface area (Å²) in [6.45, 7) is 12.7. The molecule has 1 aromatic rings. The molecule has 3 unspecified atom stereocenters. The predicted octanol–water partition coefficient (Wildman–Crippen LogP) is 7.40. The molecule has 3 aliphatic carbocycles. The maximum absolute atomic E-state index is 11.9. The fraction of sp³-hybridized carbons (Fsp3) is 0.647. The number of esters is 1. The number of likely N-dealkylation sites (tertiary alicyclic amines) is 1. The van der Waals surface area contributed by atoms with Crippen LogP contribution in [0.5, 0.6) is 0 Å². The van der Waals surface area contributed by atoms with Gasteiger partial charge < -0.3 is 9.84 Å². The smallest absolute Gasteiger partial charge is 0.312 e. The Morgan fingerprint density at radius 3 is 2.44 bits per heavy atom. The molecule has 0 radical (unpaired) electrons. The van der Waals surface area contributed by atoms with Crippen LogP contribution in [-0.2, 0) is 19.7 Å². The first kappa shape index (κ1) is 29.6. The number of methoxy groups -OCH3 is 1. The first-order chi connectivity index (χ1) is 18.6. The number of ether oxygens (including phenoxy) is 1. The standard InChI is InChI=1S/C23H31NO2.C11H18O2/c1-3-10-22(21(25)26)11-9-19(15-22)24-14-13-23(17(2)16-24)12-8-18-6-4-5-7-20(18)23;1-4-6-11(10(12)13-3)7-5-9(2)8-11/h4-8,12,17,19H,3,9-11,13-16H2,1-2H3,(H,25,26);2,4-8H2,1,3H3/t17-,19?,22?,23-;/m0./s1. The van der Waals surface area contributed by atoms with E-state index >= 15 is 0 Å². The van der Waals surface area contributed by atoms with Gasteiger partial charge in [0, 0.05) is 18.0 Å². The molecule has 1 N–H and O–H groups in total. The van der Waals surface area contributed by atoms with Gasteiger partial charge in [0.2, 0.25) is 0 Å². The summed E-state index contributed by atoms with van der Waals surface area (Å²) >= 11 is 0. The highest BCUT2D eigenvalue weighted by Gasteiger charge is 2.49. The van der Waals surface area contributed by atoms with Gasteiger partial charge in [-0.2, -0.15) is 0 Å². The van der Waals surface area contributed by atoms with Crippen molar-refractivity contribution in [2.45, 2.75) is 103 Å².